The minimum Gasteiger partial charge on any atom is -0.463 e. The van der Waals surface area contributed by atoms with Crippen molar-refractivity contribution < 1.29 is 47.7 Å². The number of anilines is 2. The molecule has 1 aliphatic rings. The molecule has 236 valence electrons. The summed E-state index contributed by atoms with van der Waals surface area (Å²) in [6.45, 7) is 9.74. The Kier molecular flexibility index (Phi) is 10.5. The van der Waals surface area contributed by atoms with Gasteiger partial charge in [0.2, 0.25) is 5.91 Å². The minimum atomic E-state index is -1.71. The standard InChI is InChI=1S/C26H34ClN5O10S/c1-12(33)38-11-16-19(39-13(2)34)26(7,41-14(3)35)22(40-16)32-10-15(28-24(37)42-25(4,5)6)18-20(29-17(36)9-27)30-23(43-8)31-21(18)32/h10,16,19,22H,9,11H2,1-8H3,(H,28,37)(H,29,30,31,36)/t16-,19-,22?,26?/m1/s1. The van der Waals surface area contributed by atoms with Gasteiger partial charge in [-0.1, -0.05) is 11.8 Å². The number of aromatic nitrogens is 3. The third-order valence-electron chi connectivity index (χ3n) is 5.91. The summed E-state index contributed by atoms with van der Waals surface area (Å²) >= 11 is 6.90. The summed E-state index contributed by atoms with van der Waals surface area (Å²) in [5.41, 5.74) is -2.32. The van der Waals surface area contributed by atoms with Crippen LogP contribution < -0.4 is 10.6 Å². The van der Waals surface area contributed by atoms with Gasteiger partial charge in [0.05, 0.1) is 11.1 Å². The van der Waals surface area contributed by atoms with E-state index < -0.39 is 59.5 Å². The van der Waals surface area contributed by atoms with E-state index in [4.69, 9.17) is 35.3 Å². The van der Waals surface area contributed by atoms with E-state index in [1.54, 1.807) is 27.0 Å². The van der Waals surface area contributed by atoms with Gasteiger partial charge in [0.25, 0.3) is 0 Å². The van der Waals surface area contributed by atoms with Crippen molar-refractivity contribution in [3.8, 4) is 0 Å². The van der Waals surface area contributed by atoms with Gasteiger partial charge in [-0.25, -0.2) is 14.8 Å². The summed E-state index contributed by atoms with van der Waals surface area (Å²) in [7, 11) is 0. The Labute approximate surface area is 256 Å². The molecule has 15 nitrogen and oxygen atoms in total. The molecular formula is C26H34ClN5O10S. The molecule has 4 atom stereocenters. The average molecular weight is 644 g/mol. The Hall–Kier alpha value is -3.63. The van der Waals surface area contributed by atoms with Crippen LogP contribution in [0.15, 0.2) is 11.4 Å². The van der Waals surface area contributed by atoms with Crippen LogP contribution >= 0.6 is 23.4 Å². The fourth-order valence-electron chi connectivity index (χ4n) is 4.50. The van der Waals surface area contributed by atoms with Crippen LogP contribution in [0.4, 0.5) is 16.3 Å². The fourth-order valence-corrected chi connectivity index (χ4v) is 4.93. The monoisotopic (exact) mass is 643 g/mol. The first-order chi connectivity index (χ1) is 20.0. The van der Waals surface area contributed by atoms with Gasteiger partial charge in [-0.15, -0.1) is 11.6 Å². The summed E-state index contributed by atoms with van der Waals surface area (Å²) < 4.78 is 29.6. The summed E-state index contributed by atoms with van der Waals surface area (Å²) in [5, 5.41) is 5.65. The number of fused-ring (bicyclic) bond motifs is 1. The highest BCUT2D eigenvalue weighted by Gasteiger charge is 2.60. The maximum Gasteiger partial charge on any atom is 0.412 e. The Morgan fingerprint density at radius 2 is 1.77 bits per heavy atom. The maximum absolute atomic E-state index is 12.9. The number of ether oxygens (including phenoxy) is 5. The SMILES string of the molecule is CSc1nc(NC(=O)CCl)c2c(NC(=O)OC(C)(C)C)cn(C3O[C@H](COC(C)=O)[C@@H](OC(C)=O)C3(C)OC(C)=O)c2n1. The molecule has 0 aliphatic carbocycles. The highest BCUT2D eigenvalue weighted by molar-refractivity contribution is 7.98. The highest BCUT2D eigenvalue weighted by Crippen LogP contribution is 2.46. The van der Waals surface area contributed by atoms with Crippen molar-refractivity contribution >= 4 is 75.8 Å². The molecule has 0 saturated carbocycles. The first-order valence-corrected chi connectivity index (χ1v) is 14.7. The van der Waals surface area contributed by atoms with Crippen LogP contribution in [-0.2, 0) is 42.9 Å². The lowest BCUT2D eigenvalue weighted by molar-refractivity contribution is -0.184. The first-order valence-electron chi connectivity index (χ1n) is 13.0. The second-order valence-corrected chi connectivity index (χ2v) is 11.7. The van der Waals surface area contributed by atoms with Gasteiger partial charge in [0, 0.05) is 27.0 Å². The number of amides is 2. The van der Waals surface area contributed by atoms with Crippen LogP contribution in [0.5, 0.6) is 0 Å². The number of halogens is 1. The average Bonchev–Trinajstić information content (AvgIpc) is 3.35. The van der Waals surface area contributed by atoms with Gasteiger partial charge in [-0.05, 0) is 34.0 Å². The summed E-state index contributed by atoms with van der Waals surface area (Å²) in [4.78, 5) is 70.3. The van der Waals surface area contributed by atoms with Crippen LogP contribution in [0.3, 0.4) is 0 Å². The van der Waals surface area contributed by atoms with Gasteiger partial charge in [0.1, 0.15) is 30.0 Å². The van der Waals surface area contributed by atoms with Gasteiger partial charge >= 0.3 is 24.0 Å². The number of alkyl halides is 1. The van der Waals surface area contributed by atoms with Gasteiger partial charge < -0.3 is 29.0 Å². The van der Waals surface area contributed by atoms with Gasteiger partial charge in [-0.3, -0.25) is 29.1 Å². The number of carbonyl (C=O) groups is 5. The molecule has 2 aromatic rings. The van der Waals surface area contributed by atoms with Crippen molar-refractivity contribution in [2.75, 3.05) is 29.4 Å². The number of carbonyl (C=O) groups excluding carboxylic acids is 5. The normalized spacial score (nSPS) is 21.7. The molecule has 0 bridgehead atoms. The van der Waals surface area contributed by atoms with Crippen molar-refractivity contribution in [3.63, 3.8) is 0 Å². The summed E-state index contributed by atoms with van der Waals surface area (Å²) in [5.74, 6) is -2.99. The van der Waals surface area contributed by atoms with Crippen LogP contribution in [0, 0.1) is 0 Å². The zero-order valence-electron chi connectivity index (χ0n) is 24.9. The second kappa shape index (κ2) is 13.3. The molecule has 2 N–H and O–H groups in total. The smallest absolute Gasteiger partial charge is 0.412 e. The lowest BCUT2D eigenvalue weighted by Gasteiger charge is -2.34. The Bertz CT molecular complexity index is 1430. The summed E-state index contributed by atoms with van der Waals surface area (Å²) in [6.07, 6.45) is -1.28. The molecular weight excluding hydrogens is 610 g/mol. The van der Waals surface area contributed by atoms with E-state index in [0.29, 0.717) is 0 Å². The second-order valence-electron chi connectivity index (χ2n) is 10.7. The number of nitrogens with one attached hydrogen (secondary N) is 2. The quantitative estimate of drug-likeness (QED) is 0.133. The van der Waals surface area contributed by atoms with Crippen LogP contribution in [0.1, 0.15) is 54.7 Å². The zero-order chi connectivity index (χ0) is 32.3. The molecule has 0 spiro atoms. The minimum absolute atomic E-state index is 0.0185. The number of esters is 3. The lowest BCUT2D eigenvalue weighted by atomic mass is 9.95. The van der Waals surface area contributed by atoms with Gasteiger partial charge in [0.15, 0.2) is 28.7 Å². The summed E-state index contributed by atoms with van der Waals surface area (Å²) in [6, 6.07) is 0. The molecule has 2 unspecified atom stereocenters. The number of rotatable bonds is 9. The highest BCUT2D eigenvalue weighted by atomic mass is 35.5. The van der Waals surface area contributed by atoms with E-state index in [0.717, 1.165) is 11.8 Å². The number of hydrogen-bond donors (Lipinski definition) is 2. The third-order valence-corrected chi connectivity index (χ3v) is 6.70. The van der Waals surface area contributed by atoms with Crippen molar-refractivity contribution in [1.29, 1.82) is 0 Å². The van der Waals surface area contributed by atoms with E-state index in [-0.39, 0.29) is 40.2 Å². The van der Waals surface area contributed by atoms with Crippen molar-refractivity contribution in [1.82, 2.24) is 14.5 Å². The first kappa shape index (κ1) is 33.9. The lowest BCUT2D eigenvalue weighted by Crippen LogP contribution is -2.50. The van der Waals surface area contributed by atoms with Crippen molar-refractivity contribution in [2.45, 2.75) is 83.3 Å². The third kappa shape index (κ3) is 8.06. The van der Waals surface area contributed by atoms with Crippen LogP contribution in [0.25, 0.3) is 11.0 Å². The molecule has 3 heterocycles. The molecule has 2 aromatic heterocycles. The van der Waals surface area contributed by atoms with E-state index in [2.05, 4.69) is 20.6 Å². The van der Waals surface area contributed by atoms with E-state index in [1.807, 2.05) is 0 Å². The zero-order valence-corrected chi connectivity index (χ0v) is 26.5. The Balaban J connectivity index is 2.31. The fraction of sp³-hybridized carbons (Fsp3) is 0.577. The molecule has 1 fully saturated rings. The van der Waals surface area contributed by atoms with Crippen molar-refractivity contribution in [3.05, 3.63) is 6.20 Å². The van der Waals surface area contributed by atoms with E-state index in [1.165, 1.54) is 38.5 Å². The van der Waals surface area contributed by atoms with Crippen LogP contribution in [0.2, 0.25) is 0 Å². The molecule has 3 rings (SSSR count). The van der Waals surface area contributed by atoms with Gasteiger partial charge in [-0.2, -0.15) is 0 Å². The number of nitrogens with zero attached hydrogens (tertiary/aromatic N) is 3. The Morgan fingerprint density at radius 1 is 1.09 bits per heavy atom. The molecule has 17 heteroatoms. The predicted octanol–water partition coefficient (Wildman–Crippen LogP) is 3.39. The topological polar surface area (TPSA) is 186 Å². The molecule has 1 aliphatic heterocycles. The Morgan fingerprint density at radius 3 is 2.30 bits per heavy atom. The van der Waals surface area contributed by atoms with Crippen molar-refractivity contribution in [2.24, 2.45) is 0 Å². The largest absolute Gasteiger partial charge is 0.463 e. The molecule has 0 aromatic carbocycles. The maximum atomic E-state index is 12.9. The van der Waals surface area contributed by atoms with E-state index in [9.17, 15) is 24.0 Å². The molecule has 1 saturated heterocycles. The van der Waals surface area contributed by atoms with Crippen LogP contribution in [-0.4, -0.2) is 86.6 Å². The predicted molar refractivity (Wildman–Crippen MR) is 155 cm³/mol. The number of thioether (sulfide) groups is 1. The van der Waals surface area contributed by atoms with E-state index >= 15 is 0 Å². The molecule has 0 radical (unpaired) electrons. The number of hydrogen-bond acceptors (Lipinski definition) is 13. The molecule has 43 heavy (non-hydrogen) atoms. The molecule has 2 amide bonds.